The SMILES string of the molecule is CNC1CCC(N(C)c2ccnc3cc(Br)cnc23)CC1. The van der Waals surface area contributed by atoms with Gasteiger partial charge in [-0.1, -0.05) is 0 Å². The first-order valence-electron chi connectivity index (χ1n) is 7.49. The zero-order valence-electron chi connectivity index (χ0n) is 12.5. The van der Waals surface area contributed by atoms with Crippen LogP contribution in [0.25, 0.3) is 11.0 Å². The van der Waals surface area contributed by atoms with Gasteiger partial charge in [-0.15, -0.1) is 0 Å². The molecule has 1 aliphatic carbocycles. The fourth-order valence-electron chi connectivity index (χ4n) is 3.22. The van der Waals surface area contributed by atoms with Crippen LogP contribution in [0.2, 0.25) is 0 Å². The van der Waals surface area contributed by atoms with E-state index in [1.807, 2.05) is 18.5 Å². The van der Waals surface area contributed by atoms with Crippen LogP contribution in [0.5, 0.6) is 0 Å². The van der Waals surface area contributed by atoms with Gasteiger partial charge in [0.25, 0.3) is 0 Å². The molecule has 2 aromatic rings. The van der Waals surface area contributed by atoms with Crippen molar-refractivity contribution >= 4 is 32.7 Å². The van der Waals surface area contributed by atoms with Gasteiger partial charge in [-0.25, -0.2) is 0 Å². The third-order valence-electron chi connectivity index (χ3n) is 4.56. The Kier molecular flexibility index (Phi) is 4.40. The normalized spacial score (nSPS) is 22.4. The first kappa shape index (κ1) is 14.7. The first-order valence-corrected chi connectivity index (χ1v) is 8.28. The van der Waals surface area contributed by atoms with E-state index in [4.69, 9.17) is 0 Å². The molecule has 0 saturated heterocycles. The molecule has 3 rings (SSSR count). The highest BCUT2D eigenvalue weighted by Gasteiger charge is 2.24. The summed E-state index contributed by atoms with van der Waals surface area (Å²) in [4.78, 5) is 11.4. The summed E-state index contributed by atoms with van der Waals surface area (Å²) in [5.74, 6) is 0. The van der Waals surface area contributed by atoms with Crippen LogP contribution in [0.3, 0.4) is 0 Å². The standard InChI is InChI=1S/C16H21BrN4/c1-18-12-3-5-13(6-4-12)21(2)15-7-8-19-14-9-11(17)10-20-16(14)15/h7-10,12-13,18H,3-6H2,1-2H3. The van der Waals surface area contributed by atoms with Gasteiger partial charge in [-0.05, 0) is 60.8 Å². The molecule has 2 aromatic heterocycles. The second kappa shape index (κ2) is 6.28. The lowest BCUT2D eigenvalue weighted by molar-refractivity contribution is 0.351. The topological polar surface area (TPSA) is 41.0 Å². The Hall–Kier alpha value is -1.20. The zero-order chi connectivity index (χ0) is 14.8. The number of aromatic nitrogens is 2. The highest BCUT2D eigenvalue weighted by atomic mass is 79.9. The molecule has 0 aromatic carbocycles. The maximum atomic E-state index is 4.56. The van der Waals surface area contributed by atoms with Gasteiger partial charge in [0.15, 0.2) is 0 Å². The van der Waals surface area contributed by atoms with Crippen LogP contribution in [0, 0.1) is 0 Å². The van der Waals surface area contributed by atoms with Crippen LogP contribution >= 0.6 is 15.9 Å². The van der Waals surface area contributed by atoms with E-state index in [1.165, 1.54) is 31.4 Å². The van der Waals surface area contributed by atoms with E-state index >= 15 is 0 Å². The maximum absolute atomic E-state index is 4.56. The number of hydrogen-bond donors (Lipinski definition) is 1. The highest BCUT2D eigenvalue weighted by Crippen LogP contribution is 2.30. The number of nitrogens with zero attached hydrogens (tertiary/aromatic N) is 3. The van der Waals surface area contributed by atoms with Gasteiger partial charge in [0.1, 0.15) is 5.52 Å². The lowest BCUT2D eigenvalue weighted by Crippen LogP contribution is -2.40. The Balaban J connectivity index is 1.86. The van der Waals surface area contributed by atoms with Crippen molar-refractivity contribution in [3.05, 3.63) is 29.0 Å². The molecule has 1 aliphatic rings. The lowest BCUT2D eigenvalue weighted by atomic mass is 9.90. The lowest BCUT2D eigenvalue weighted by Gasteiger charge is -2.36. The van der Waals surface area contributed by atoms with Crippen molar-refractivity contribution < 1.29 is 0 Å². The van der Waals surface area contributed by atoms with Crippen molar-refractivity contribution in [3.63, 3.8) is 0 Å². The van der Waals surface area contributed by atoms with E-state index < -0.39 is 0 Å². The minimum atomic E-state index is 0.589. The third-order valence-corrected chi connectivity index (χ3v) is 4.99. The van der Waals surface area contributed by atoms with Gasteiger partial charge in [0.05, 0.1) is 11.2 Å². The fourth-order valence-corrected chi connectivity index (χ4v) is 3.54. The number of fused-ring (bicyclic) bond motifs is 1. The van der Waals surface area contributed by atoms with Crippen molar-refractivity contribution in [3.8, 4) is 0 Å². The predicted octanol–water partition coefficient (Wildman–Crippen LogP) is 3.36. The van der Waals surface area contributed by atoms with Crippen LogP contribution in [-0.2, 0) is 0 Å². The van der Waals surface area contributed by atoms with Gasteiger partial charge in [-0.3, -0.25) is 9.97 Å². The molecule has 4 nitrogen and oxygen atoms in total. The van der Waals surface area contributed by atoms with E-state index in [-0.39, 0.29) is 0 Å². The number of hydrogen-bond acceptors (Lipinski definition) is 4. The average molecular weight is 349 g/mol. The number of nitrogens with one attached hydrogen (secondary N) is 1. The van der Waals surface area contributed by atoms with Gasteiger partial charge in [0.2, 0.25) is 0 Å². The molecule has 1 N–H and O–H groups in total. The molecular formula is C16H21BrN4. The molecule has 0 amide bonds. The van der Waals surface area contributed by atoms with Crippen LogP contribution in [-0.4, -0.2) is 36.1 Å². The molecule has 0 atom stereocenters. The zero-order valence-corrected chi connectivity index (χ0v) is 14.1. The second-order valence-electron chi connectivity index (χ2n) is 5.76. The van der Waals surface area contributed by atoms with Crippen LogP contribution < -0.4 is 10.2 Å². The van der Waals surface area contributed by atoms with Crippen LogP contribution in [0.4, 0.5) is 5.69 Å². The summed E-state index contributed by atoms with van der Waals surface area (Å²) in [5.41, 5.74) is 3.11. The summed E-state index contributed by atoms with van der Waals surface area (Å²) in [6, 6.07) is 5.37. The molecule has 0 spiro atoms. The third kappa shape index (κ3) is 3.04. The average Bonchev–Trinajstić information content (AvgIpc) is 2.53. The molecule has 5 heteroatoms. The minimum absolute atomic E-state index is 0.589. The smallest absolute Gasteiger partial charge is 0.112 e. The molecule has 1 saturated carbocycles. The minimum Gasteiger partial charge on any atom is -0.370 e. The molecule has 0 unspecified atom stereocenters. The highest BCUT2D eigenvalue weighted by molar-refractivity contribution is 9.10. The number of pyridine rings is 2. The van der Waals surface area contributed by atoms with Crippen molar-refractivity contribution in [2.75, 3.05) is 19.0 Å². The second-order valence-corrected chi connectivity index (χ2v) is 6.67. The Morgan fingerprint density at radius 3 is 2.71 bits per heavy atom. The Morgan fingerprint density at radius 2 is 2.00 bits per heavy atom. The van der Waals surface area contributed by atoms with E-state index in [0.717, 1.165) is 15.5 Å². The summed E-state index contributed by atoms with van der Waals surface area (Å²) in [6.45, 7) is 0. The molecule has 0 radical (unpaired) electrons. The van der Waals surface area contributed by atoms with Crippen molar-refractivity contribution in [2.24, 2.45) is 0 Å². The van der Waals surface area contributed by atoms with E-state index in [9.17, 15) is 0 Å². The molecule has 21 heavy (non-hydrogen) atoms. The monoisotopic (exact) mass is 348 g/mol. The predicted molar refractivity (Wildman–Crippen MR) is 90.7 cm³/mol. The van der Waals surface area contributed by atoms with Crippen molar-refractivity contribution in [1.82, 2.24) is 15.3 Å². The van der Waals surface area contributed by atoms with Gasteiger partial charge in [0, 0.05) is 36.0 Å². The quantitative estimate of drug-likeness (QED) is 0.923. The molecule has 0 aliphatic heterocycles. The van der Waals surface area contributed by atoms with Gasteiger partial charge >= 0.3 is 0 Å². The van der Waals surface area contributed by atoms with Gasteiger partial charge < -0.3 is 10.2 Å². The van der Waals surface area contributed by atoms with Crippen molar-refractivity contribution in [1.29, 1.82) is 0 Å². The van der Waals surface area contributed by atoms with Crippen LogP contribution in [0.15, 0.2) is 29.0 Å². The van der Waals surface area contributed by atoms with Gasteiger partial charge in [-0.2, -0.15) is 0 Å². The van der Waals surface area contributed by atoms with Crippen LogP contribution in [0.1, 0.15) is 25.7 Å². The Morgan fingerprint density at radius 1 is 1.24 bits per heavy atom. The molecule has 112 valence electrons. The molecule has 0 bridgehead atoms. The number of anilines is 1. The van der Waals surface area contributed by atoms with E-state index in [1.54, 1.807) is 0 Å². The summed E-state index contributed by atoms with van der Waals surface area (Å²) in [5, 5.41) is 3.39. The van der Waals surface area contributed by atoms with E-state index in [0.29, 0.717) is 12.1 Å². The maximum Gasteiger partial charge on any atom is 0.112 e. The largest absolute Gasteiger partial charge is 0.370 e. The number of rotatable bonds is 3. The number of halogens is 1. The Labute approximate surface area is 134 Å². The molecule has 1 fully saturated rings. The Bertz CT molecular complexity index is 623. The first-order chi connectivity index (χ1) is 10.2. The molecular weight excluding hydrogens is 328 g/mol. The molecule has 2 heterocycles. The van der Waals surface area contributed by atoms with Crippen molar-refractivity contribution in [2.45, 2.75) is 37.8 Å². The summed E-state index contributed by atoms with van der Waals surface area (Å²) < 4.78 is 0.969. The summed E-state index contributed by atoms with van der Waals surface area (Å²) in [7, 11) is 4.25. The summed E-state index contributed by atoms with van der Waals surface area (Å²) in [6.07, 6.45) is 8.66. The fraction of sp³-hybridized carbons (Fsp3) is 0.500. The summed E-state index contributed by atoms with van der Waals surface area (Å²) >= 11 is 3.46. The van der Waals surface area contributed by atoms with E-state index in [2.05, 4.69) is 56.3 Å².